The molecule has 2 unspecified atom stereocenters. The number of rotatable bonds is 6. The third kappa shape index (κ3) is 4.64. The molecule has 0 amide bonds. The van der Waals surface area contributed by atoms with E-state index >= 15 is 0 Å². The normalized spacial score (nSPS) is 30.9. The van der Waals surface area contributed by atoms with Gasteiger partial charge in [-0.15, -0.1) is 0 Å². The van der Waals surface area contributed by atoms with Gasteiger partial charge in [-0.05, 0) is 30.6 Å². The zero-order valence-electron chi connectivity index (χ0n) is 11.9. The smallest absolute Gasteiger partial charge is 0.0409 e. The molecule has 0 radical (unpaired) electrons. The van der Waals surface area contributed by atoms with E-state index in [1.165, 1.54) is 44.9 Å². The van der Waals surface area contributed by atoms with Crippen molar-refractivity contribution in [3.8, 4) is 0 Å². The molecule has 0 aromatic carbocycles. The van der Waals surface area contributed by atoms with Gasteiger partial charge in [0, 0.05) is 0 Å². The fraction of sp³-hybridized carbons (Fsp3) is 1.00. The van der Waals surface area contributed by atoms with Crippen molar-refractivity contribution < 1.29 is 0 Å². The first-order chi connectivity index (χ1) is 8.38. The maximum atomic E-state index is 2.32. The molecular weight excluding hydrogens is 204 g/mol. The molecule has 0 saturated heterocycles. The van der Waals surface area contributed by atoms with Gasteiger partial charge < -0.3 is 0 Å². The Bertz CT molecular complexity index is 190. The van der Waals surface area contributed by atoms with Gasteiger partial charge in [0.25, 0.3) is 0 Å². The zero-order valence-corrected chi connectivity index (χ0v) is 11.9. The lowest BCUT2D eigenvalue weighted by Crippen LogP contribution is -2.10. The van der Waals surface area contributed by atoms with Crippen molar-refractivity contribution in [1.82, 2.24) is 0 Å². The summed E-state index contributed by atoms with van der Waals surface area (Å²) in [6, 6.07) is 0. The van der Waals surface area contributed by atoms with E-state index in [4.69, 9.17) is 0 Å². The largest absolute Gasteiger partial charge is 0.0654 e. The van der Waals surface area contributed by atoms with Gasteiger partial charge in [-0.3, -0.25) is 0 Å². The van der Waals surface area contributed by atoms with Crippen LogP contribution < -0.4 is 0 Å². The summed E-state index contributed by atoms with van der Waals surface area (Å²) in [5.41, 5.74) is 0. The fourth-order valence-electron chi connectivity index (χ4n) is 4.23. The standard InChI is InChI=1S/C17H32/c1-2-3-5-8-16-11-12-17(14-16)13-15-9-6-4-7-10-15/h15-17H,2-14H2,1H3. The summed E-state index contributed by atoms with van der Waals surface area (Å²) in [6.07, 6.45) is 19.8. The van der Waals surface area contributed by atoms with Crippen molar-refractivity contribution in [2.24, 2.45) is 17.8 Å². The minimum absolute atomic E-state index is 1.11. The Hall–Kier alpha value is 0. The van der Waals surface area contributed by atoms with E-state index in [1.54, 1.807) is 38.5 Å². The SMILES string of the molecule is CCCCCC1CCC(CC2CCCCC2)C1. The van der Waals surface area contributed by atoms with Gasteiger partial charge in [-0.25, -0.2) is 0 Å². The van der Waals surface area contributed by atoms with Gasteiger partial charge in [0.2, 0.25) is 0 Å². The van der Waals surface area contributed by atoms with Crippen LogP contribution in [-0.4, -0.2) is 0 Å². The molecule has 100 valence electrons. The van der Waals surface area contributed by atoms with E-state index in [2.05, 4.69) is 6.92 Å². The molecule has 2 rings (SSSR count). The first-order valence-electron chi connectivity index (χ1n) is 8.38. The molecule has 2 atom stereocenters. The molecular formula is C17H32. The molecule has 0 N–H and O–H groups in total. The van der Waals surface area contributed by atoms with Crippen LogP contribution in [0.3, 0.4) is 0 Å². The van der Waals surface area contributed by atoms with Crippen LogP contribution in [0.1, 0.15) is 90.4 Å². The average molecular weight is 236 g/mol. The van der Waals surface area contributed by atoms with Gasteiger partial charge >= 0.3 is 0 Å². The van der Waals surface area contributed by atoms with Crippen LogP contribution in [0, 0.1) is 17.8 Å². The van der Waals surface area contributed by atoms with Crippen molar-refractivity contribution in [1.29, 1.82) is 0 Å². The second-order valence-electron chi connectivity index (χ2n) is 6.78. The second-order valence-corrected chi connectivity index (χ2v) is 6.78. The Balaban J connectivity index is 1.60. The van der Waals surface area contributed by atoms with Crippen LogP contribution in [0.15, 0.2) is 0 Å². The Morgan fingerprint density at radius 1 is 0.765 bits per heavy atom. The molecule has 2 aliphatic carbocycles. The third-order valence-electron chi connectivity index (χ3n) is 5.26. The summed E-state index contributed by atoms with van der Waals surface area (Å²) >= 11 is 0. The Morgan fingerprint density at radius 3 is 2.29 bits per heavy atom. The molecule has 0 heterocycles. The van der Waals surface area contributed by atoms with Gasteiger partial charge in [0.1, 0.15) is 0 Å². The summed E-state index contributed by atoms with van der Waals surface area (Å²) in [7, 11) is 0. The minimum atomic E-state index is 1.11. The quantitative estimate of drug-likeness (QED) is 0.500. The molecule has 0 heteroatoms. The predicted molar refractivity (Wildman–Crippen MR) is 76.2 cm³/mol. The molecule has 17 heavy (non-hydrogen) atoms. The molecule has 2 aliphatic rings. The number of unbranched alkanes of at least 4 members (excludes halogenated alkanes) is 2. The molecule has 0 aliphatic heterocycles. The van der Waals surface area contributed by atoms with Crippen molar-refractivity contribution in [2.75, 3.05) is 0 Å². The fourth-order valence-corrected chi connectivity index (χ4v) is 4.23. The van der Waals surface area contributed by atoms with Crippen LogP contribution in [0.5, 0.6) is 0 Å². The van der Waals surface area contributed by atoms with Crippen LogP contribution in [0.2, 0.25) is 0 Å². The van der Waals surface area contributed by atoms with Gasteiger partial charge in [-0.1, -0.05) is 77.6 Å². The Kier molecular flexibility index (Phi) is 5.88. The Labute approximate surface area is 109 Å². The maximum absolute atomic E-state index is 2.32. The molecule has 2 fully saturated rings. The molecule has 2 saturated carbocycles. The molecule has 0 aromatic heterocycles. The van der Waals surface area contributed by atoms with Gasteiger partial charge in [-0.2, -0.15) is 0 Å². The molecule has 0 spiro atoms. The van der Waals surface area contributed by atoms with Crippen LogP contribution in [-0.2, 0) is 0 Å². The van der Waals surface area contributed by atoms with E-state index in [-0.39, 0.29) is 0 Å². The topological polar surface area (TPSA) is 0 Å². The monoisotopic (exact) mass is 236 g/mol. The highest BCUT2D eigenvalue weighted by molar-refractivity contribution is 4.79. The lowest BCUT2D eigenvalue weighted by Gasteiger charge is -2.24. The van der Waals surface area contributed by atoms with E-state index in [1.807, 2.05) is 0 Å². The summed E-state index contributed by atoms with van der Waals surface area (Å²) in [6.45, 7) is 2.32. The summed E-state index contributed by atoms with van der Waals surface area (Å²) < 4.78 is 0. The van der Waals surface area contributed by atoms with Crippen LogP contribution in [0.4, 0.5) is 0 Å². The highest BCUT2D eigenvalue weighted by atomic mass is 14.3. The van der Waals surface area contributed by atoms with Crippen molar-refractivity contribution in [2.45, 2.75) is 90.4 Å². The van der Waals surface area contributed by atoms with Crippen LogP contribution in [0.25, 0.3) is 0 Å². The number of hydrogen-bond donors (Lipinski definition) is 0. The van der Waals surface area contributed by atoms with E-state index in [0.29, 0.717) is 0 Å². The average Bonchev–Trinajstić information content (AvgIpc) is 2.79. The van der Waals surface area contributed by atoms with E-state index in [9.17, 15) is 0 Å². The minimum Gasteiger partial charge on any atom is -0.0654 e. The Morgan fingerprint density at radius 2 is 1.53 bits per heavy atom. The van der Waals surface area contributed by atoms with E-state index < -0.39 is 0 Å². The first-order valence-corrected chi connectivity index (χ1v) is 8.38. The van der Waals surface area contributed by atoms with Crippen molar-refractivity contribution >= 4 is 0 Å². The summed E-state index contributed by atoms with van der Waals surface area (Å²) in [5.74, 6) is 3.34. The molecule has 0 bridgehead atoms. The first kappa shape index (κ1) is 13.4. The van der Waals surface area contributed by atoms with Crippen molar-refractivity contribution in [3.63, 3.8) is 0 Å². The highest BCUT2D eigenvalue weighted by Crippen LogP contribution is 2.40. The lowest BCUT2D eigenvalue weighted by molar-refractivity contribution is 0.284. The van der Waals surface area contributed by atoms with Gasteiger partial charge in [0.15, 0.2) is 0 Å². The third-order valence-corrected chi connectivity index (χ3v) is 5.26. The number of hydrogen-bond acceptors (Lipinski definition) is 0. The zero-order chi connectivity index (χ0) is 11.9. The molecule has 0 nitrogen and oxygen atoms in total. The van der Waals surface area contributed by atoms with Crippen LogP contribution >= 0.6 is 0 Å². The summed E-state index contributed by atoms with van der Waals surface area (Å²) in [4.78, 5) is 0. The van der Waals surface area contributed by atoms with Crippen molar-refractivity contribution in [3.05, 3.63) is 0 Å². The molecule has 0 aromatic rings. The highest BCUT2D eigenvalue weighted by Gasteiger charge is 2.26. The predicted octanol–water partition coefficient (Wildman–Crippen LogP) is 5.95. The summed E-state index contributed by atoms with van der Waals surface area (Å²) in [5, 5.41) is 0. The maximum Gasteiger partial charge on any atom is -0.0409 e. The van der Waals surface area contributed by atoms with E-state index in [0.717, 1.165) is 17.8 Å². The lowest BCUT2D eigenvalue weighted by atomic mass is 9.82. The van der Waals surface area contributed by atoms with Gasteiger partial charge in [0.05, 0.1) is 0 Å². The second kappa shape index (κ2) is 7.44.